The second kappa shape index (κ2) is 7.05. The van der Waals surface area contributed by atoms with Crippen molar-refractivity contribution in [1.29, 1.82) is 0 Å². The number of amides is 1. The van der Waals surface area contributed by atoms with E-state index in [0.717, 1.165) is 12.8 Å². The summed E-state index contributed by atoms with van der Waals surface area (Å²) < 4.78 is 6.99. The van der Waals surface area contributed by atoms with Crippen molar-refractivity contribution in [2.45, 2.75) is 18.9 Å². The molecule has 1 aromatic carbocycles. The Hall–Kier alpha value is -3.68. The Balaban J connectivity index is 1.39. The SMILES string of the molecule is O=C(c1cc(-c2ccco2)[nH]n1)N1CCC[C@H](n2cnc3ccccc3c2=O)C1. The van der Waals surface area contributed by atoms with E-state index < -0.39 is 0 Å². The van der Waals surface area contributed by atoms with E-state index in [4.69, 9.17) is 4.42 Å². The molecular weight excluding hydrogens is 370 g/mol. The number of H-pyrrole nitrogens is 1. The number of nitrogens with zero attached hydrogens (tertiary/aromatic N) is 4. The molecule has 1 saturated heterocycles. The fraction of sp³-hybridized carbons (Fsp3) is 0.238. The zero-order valence-corrected chi connectivity index (χ0v) is 15.6. The van der Waals surface area contributed by atoms with Crippen molar-refractivity contribution in [3.63, 3.8) is 0 Å². The minimum atomic E-state index is -0.162. The van der Waals surface area contributed by atoms with Crippen LogP contribution in [0.25, 0.3) is 22.4 Å². The Kier molecular flexibility index (Phi) is 4.23. The van der Waals surface area contributed by atoms with Crippen LogP contribution in [0.4, 0.5) is 0 Å². The van der Waals surface area contributed by atoms with E-state index in [-0.39, 0.29) is 17.5 Å². The first-order valence-corrected chi connectivity index (χ1v) is 9.55. The third-order valence-electron chi connectivity index (χ3n) is 5.35. The van der Waals surface area contributed by atoms with Gasteiger partial charge in [-0.2, -0.15) is 5.10 Å². The molecule has 1 atom stereocenters. The van der Waals surface area contributed by atoms with Crippen molar-refractivity contribution in [2.24, 2.45) is 0 Å². The van der Waals surface area contributed by atoms with Gasteiger partial charge >= 0.3 is 0 Å². The lowest BCUT2D eigenvalue weighted by Crippen LogP contribution is -2.43. The topological polar surface area (TPSA) is 97.0 Å². The Morgan fingerprint density at radius 3 is 2.97 bits per heavy atom. The lowest BCUT2D eigenvalue weighted by Gasteiger charge is -2.33. The summed E-state index contributed by atoms with van der Waals surface area (Å²) >= 11 is 0. The minimum absolute atomic E-state index is 0.0743. The smallest absolute Gasteiger partial charge is 0.274 e. The second-order valence-electron chi connectivity index (χ2n) is 7.17. The highest BCUT2D eigenvalue weighted by Gasteiger charge is 2.28. The Morgan fingerprint density at radius 1 is 1.21 bits per heavy atom. The monoisotopic (exact) mass is 389 g/mol. The number of rotatable bonds is 3. The number of para-hydroxylation sites is 1. The fourth-order valence-electron chi connectivity index (χ4n) is 3.86. The molecule has 0 spiro atoms. The molecule has 8 heteroatoms. The quantitative estimate of drug-likeness (QED) is 0.581. The molecule has 1 aliphatic heterocycles. The molecule has 1 amide bonds. The van der Waals surface area contributed by atoms with E-state index >= 15 is 0 Å². The lowest BCUT2D eigenvalue weighted by atomic mass is 10.0. The molecule has 29 heavy (non-hydrogen) atoms. The molecule has 4 heterocycles. The number of likely N-dealkylation sites (tertiary alicyclic amines) is 1. The first kappa shape index (κ1) is 17.4. The first-order valence-electron chi connectivity index (χ1n) is 9.55. The van der Waals surface area contributed by atoms with Crippen molar-refractivity contribution in [3.8, 4) is 11.5 Å². The highest BCUT2D eigenvalue weighted by molar-refractivity contribution is 5.93. The molecule has 0 saturated carbocycles. The van der Waals surface area contributed by atoms with Crippen LogP contribution in [-0.2, 0) is 0 Å². The van der Waals surface area contributed by atoms with E-state index in [1.807, 2.05) is 18.2 Å². The number of furan rings is 1. The molecule has 146 valence electrons. The second-order valence-corrected chi connectivity index (χ2v) is 7.17. The molecular formula is C21H19N5O3. The van der Waals surface area contributed by atoms with Gasteiger partial charge in [0.05, 0.1) is 29.5 Å². The van der Waals surface area contributed by atoms with E-state index in [2.05, 4.69) is 15.2 Å². The van der Waals surface area contributed by atoms with Crippen molar-refractivity contribution < 1.29 is 9.21 Å². The largest absolute Gasteiger partial charge is 0.463 e. The molecule has 1 N–H and O–H groups in total. The number of carbonyl (C=O) groups is 1. The highest BCUT2D eigenvalue weighted by atomic mass is 16.3. The maximum Gasteiger partial charge on any atom is 0.274 e. The number of nitrogens with one attached hydrogen (secondary N) is 1. The first-order chi connectivity index (χ1) is 14.2. The number of hydrogen-bond acceptors (Lipinski definition) is 5. The summed E-state index contributed by atoms with van der Waals surface area (Å²) in [5, 5.41) is 7.58. The van der Waals surface area contributed by atoms with Gasteiger partial charge in [-0.25, -0.2) is 4.98 Å². The summed E-state index contributed by atoms with van der Waals surface area (Å²) in [6.07, 6.45) is 4.79. The van der Waals surface area contributed by atoms with Crippen molar-refractivity contribution in [2.75, 3.05) is 13.1 Å². The van der Waals surface area contributed by atoms with Crippen LogP contribution >= 0.6 is 0 Å². The van der Waals surface area contributed by atoms with E-state index in [1.54, 1.807) is 46.3 Å². The van der Waals surface area contributed by atoms with Crippen LogP contribution in [0.2, 0.25) is 0 Å². The normalized spacial score (nSPS) is 17.0. The number of carbonyl (C=O) groups excluding carboxylic acids is 1. The Labute approximate surface area is 165 Å². The zero-order chi connectivity index (χ0) is 19.8. The maximum atomic E-state index is 13.0. The van der Waals surface area contributed by atoms with Crippen LogP contribution in [0.1, 0.15) is 29.4 Å². The summed E-state index contributed by atoms with van der Waals surface area (Å²) in [4.78, 5) is 32.0. The molecule has 0 bridgehead atoms. The van der Waals surface area contributed by atoms with Crippen molar-refractivity contribution in [1.82, 2.24) is 24.6 Å². The summed E-state index contributed by atoms with van der Waals surface area (Å²) in [6, 6.07) is 12.5. The van der Waals surface area contributed by atoms with Crippen LogP contribution in [0.3, 0.4) is 0 Å². The van der Waals surface area contributed by atoms with Gasteiger partial charge in [-0.05, 0) is 37.1 Å². The number of piperidine rings is 1. The average Bonchev–Trinajstić information content (AvgIpc) is 3.46. The summed E-state index contributed by atoms with van der Waals surface area (Å²) in [6.45, 7) is 1.08. The average molecular weight is 389 g/mol. The van der Waals surface area contributed by atoms with Crippen molar-refractivity contribution >= 4 is 16.8 Å². The number of fused-ring (bicyclic) bond motifs is 1. The van der Waals surface area contributed by atoms with Gasteiger partial charge < -0.3 is 9.32 Å². The molecule has 5 rings (SSSR count). The summed E-state index contributed by atoms with van der Waals surface area (Å²) in [7, 11) is 0. The van der Waals surface area contributed by atoms with Crippen LogP contribution < -0.4 is 5.56 Å². The van der Waals surface area contributed by atoms with Gasteiger partial charge in [0.25, 0.3) is 11.5 Å². The lowest BCUT2D eigenvalue weighted by molar-refractivity contribution is 0.0671. The summed E-state index contributed by atoms with van der Waals surface area (Å²) in [5.41, 5.74) is 1.59. The fourth-order valence-corrected chi connectivity index (χ4v) is 3.86. The van der Waals surface area contributed by atoms with Crippen LogP contribution in [0, 0.1) is 0 Å². The predicted octanol–water partition coefficient (Wildman–Crippen LogP) is 2.86. The minimum Gasteiger partial charge on any atom is -0.463 e. The van der Waals surface area contributed by atoms with Crippen LogP contribution in [0.5, 0.6) is 0 Å². The van der Waals surface area contributed by atoms with Gasteiger partial charge in [0, 0.05) is 19.2 Å². The molecule has 3 aromatic heterocycles. The van der Waals surface area contributed by atoms with Gasteiger partial charge in [-0.15, -0.1) is 0 Å². The number of aromatic nitrogens is 4. The molecule has 0 aliphatic carbocycles. The molecule has 4 aromatic rings. The molecule has 0 radical (unpaired) electrons. The van der Waals surface area contributed by atoms with E-state index in [1.165, 1.54) is 0 Å². The third-order valence-corrected chi connectivity index (χ3v) is 5.35. The Bertz CT molecular complexity index is 1220. The van der Waals surface area contributed by atoms with Crippen LogP contribution in [0.15, 0.2) is 64.3 Å². The van der Waals surface area contributed by atoms with Crippen molar-refractivity contribution in [3.05, 3.63) is 71.1 Å². The zero-order valence-electron chi connectivity index (χ0n) is 15.6. The standard InChI is InChI=1S/C21H19N5O3/c27-20-15-6-1-2-7-16(15)22-13-26(20)14-5-3-9-25(12-14)21(28)18-11-17(23-24-18)19-8-4-10-29-19/h1-2,4,6-8,10-11,13-14H,3,5,9,12H2,(H,23,24)/t14-/m0/s1. The number of aromatic amines is 1. The van der Waals surface area contributed by atoms with Gasteiger partial charge in [0.1, 0.15) is 5.69 Å². The predicted molar refractivity (Wildman–Crippen MR) is 106 cm³/mol. The van der Waals surface area contributed by atoms with Gasteiger partial charge in [0.2, 0.25) is 0 Å². The third kappa shape index (κ3) is 3.12. The van der Waals surface area contributed by atoms with Gasteiger partial charge in [0.15, 0.2) is 11.5 Å². The Morgan fingerprint density at radius 2 is 2.10 bits per heavy atom. The number of hydrogen-bond donors (Lipinski definition) is 1. The van der Waals surface area contributed by atoms with Gasteiger partial charge in [-0.1, -0.05) is 12.1 Å². The maximum absolute atomic E-state index is 13.0. The molecule has 8 nitrogen and oxygen atoms in total. The number of benzene rings is 1. The highest BCUT2D eigenvalue weighted by Crippen LogP contribution is 2.23. The van der Waals surface area contributed by atoms with Crippen LogP contribution in [-0.4, -0.2) is 43.6 Å². The molecule has 0 unspecified atom stereocenters. The van der Waals surface area contributed by atoms with E-state index in [9.17, 15) is 9.59 Å². The molecule has 1 fully saturated rings. The van der Waals surface area contributed by atoms with Gasteiger partial charge in [-0.3, -0.25) is 19.3 Å². The summed E-state index contributed by atoms with van der Waals surface area (Å²) in [5.74, 6) is 0.465. The van der Waals surface area contributed by atoms with E-state index in [0.29, 0.717) is 41.1 Å². The molecule has 1 aliphatic rings.